The lowest BCUT2D eigenvalue weighted by molar-refractivity contribution is -0.138. The Balaban J connectivity index is 1.79. The van der Waals surface area contributed by atoms with Gasteiger partial charge in [0, 0.05) is 12.7 Å². The van der Waals surface area contributed by atoms with E-state index in [9.17, 15) is 13.2 Å². The lowest BCUT2D eigenvalue weighted by atomic mass is 10.2. The van der Waals surface area contributed by atoms with E-state index in [-0.39, 0.29) is 12.4 Å². The van der Waals surface area contributed by atoms with Crippen molar-refractivity contribution in [2.75, 3.05) is 12.4 Å². The minimum Gasteiger partial charge on any atom is -0.492 e. The molecule has 0 amide bonds. The second kappa shape index (κ2) is 6.84. The molecule has 0 saturated carbocycles. The van der Waals surface area contributed by atoms with Crippen molar-refractivity contribution >= 4 is 11.8 Å². The SMILES string of the molecule is Cc1nnc(CSCCOc2ccccc2C(F)(F)F)o1. The van der Waals surface area contributed by atoms with E-state index in [2.05, 4.69) is 10.2 Å². The van der Waals surface area contributed by atoms with E-state index in [4.69, 9.17) is 9.15 Å². The number of aromatic nitrogens is 2. The zero-order chi connectivity index (χ0) is 15.3. The number of halogens is 3. The maximum Gasteiger partial charge on any atom is 0.419 e. The number of hydrogen-bond acceptors (Lipinski definition) is 5. The van der Waals surface area contributed by atoms with Crippen molar-refractivity contribution in [3.63, 3.8) is 0 Å². The van der Waals surface area contributed by atoms with Crippen molar-refractivity contribution in [2.24, 2.45) is 0 Å². The third kappa shape index (κ3) is 4.66. The summed E-state index contributed by atoms with van der Waals surface area (Å²) in [7, 11) is 0. The van der Waals surface area contributed by atoms with Crippen LogP contribution in [0, 0.1) is 6.92 Å². The van der Waals surface area contributed by atoms with Crippen LogP contribution in [0.2, 0.25) is 0 Å². The Hall–Kier alpha value is -1.70. The molecule has 0 aliphatic rings. The summed E-state index contributed by atoms with van der Waals surface area (Å²) in [5, 5.41) is 7.51. The molecule has 1 aromatic heterocycles. The largest absolute Gasteiger partial charge is 0.492 e. The molecule has 0 bridgehead atoms. The van der Waals surface area contributed by atoms with Crippen LogP contribution in [0.3, 0.4) is 0 Å². The summed E-state index contributed by atoms with van der Waals surface area (Å²) in [5.41, 5.74) is -0.762. The standard InChI is InChI=1S/C13H13F3N2O2S/c1-9-17-18-12(20-9)8-21-7-6-19-11-5-3-2-4-10(11)13(14,15)16/h2-5H,6-8H2,1H3. The Bertz CT molecular complexity index is 587. The molecule has 0 unspecified atom stereocenters. The number of rotatable bonds is 6. The van der Waals surface area contributed by atoms with Crippen molar-refractivity contribution in [1.82, 2.24) is 10.2 Å². The van der Waals surface area contributed by atoms with Gasteiger partial charge in [0.05, 0.1) is 17.9 Å². The number of hydrogen-bond donors (Lipinski definition) is 0. The quantitative estimate of drug-likeness (QED) is 0.760. The van der Waals surface area contributed by atoms with Crippen LogP contribution in [-0.4, -0.2) is 22.6 Å². The molecule has 2 rings (SSSR count). The number of alkyl halides is 3. The van der Waals surface area contributed by atoms with Crippen molar-refractivity contribution in [2.45, 2.75) is 18.9 Å². The fourth-order valence-corrected chi connectivity index (χ4v) is 2.23. The van der Waals surface area contributed by atoms with Gasteiger partial charge in [0.2, 0.25) is 11.8 Å². The fraction of sp³-hybridized carbons (Fsp3) is 0.385. The molecule has 0 N–H and O–H groups in total. The smallest absolute Gasteiger partial charge is 0.419 e. The number of para-hydroxylation sites is 1. The first-order valence-corrected chi connectivity index (χ1v) is 7.28. The Kier molecular flexibility index (Phi) is 5.11. The fourth-order valence-electron chi connectivity index (χ4n) is 1.59. The average molecular weight is 318 g/mol. The number of thioether (sulfide) groups is 1. The molecule has 0 radical (unpaired) electrons. The predicted octanol–water partition coefficient (Wildman–Crippen LogP) is 3.71. The van der Waals surface area contributed by atoms with Crippen LogP contribution in [0.5, 0.6) is 5.75 Å². The second-order valence-corrected chi connectivity index (χ2v) is 5.21. The Morgan fingerprint density at radius 3 is 2.67 bits per heavy atom. The third-order valence-corrected chi connectivity index (χ3v) is 3.38. The van der Waals surface area contributed by atoms with Crippen molar-refractivity contribution in [3.05, 3.63) is 41.6 Å². The maximum absolute atomic E-state index is 12.7. The van der Waals surface area contributed by atoms with E-state index >= 15 is 0 Å². The lowest BCUT2D eigenvalue weighted by Crippen LogP contribution is -2.10. The van der Waals surface area contributed by atoms with Gasteiger partial charge in [-0.1, -0.05) is 12.1 Å². The Labute approximate surface area is 123 Å². The molecule has 2 aromatic rings. The molecule has 0 aliphatic heterocycles. The number of ether oxygens (including phenoxy) is 1. The van der Waals surface area contributed by atoms with E-state index in [0.29, 0.717) is 23.3 Å². The molecule has 0 spiro atoms. The highest BCUT2D eigenvalue weighted by molar-refractivity contribution is 7.98. The van der Waals surface area contributed by atoms with Crippen molar-refractivity contribution in [3.8, 4) is 5.75 Å². The molecule has 0 saturated heterocycles. The molecule has 1 heterocycles. The molecular weight excluding hydrogens is 305 g/mol. The third-order valence-electron chi connectivity index (χ3n) is 2.47. The van der Waals surface area contributed by atoms with Gasteiger partial charge in [0.25, 0.3) is 0 Å². The summed E-state index contributed by atoms with van der Waals surface area (Å²) in [6, 6.07) is 5.17. The summed E-state index contributed by atoms with van der Waals surface area (Å²) >= 11 is 1.45. The van der Waals surface area contributed by atoms with Crippen LogP contribution in [0.1, 0.15) is 17.3 Å². The molecule has 0 fully saturated rings. The first-order chi connectivity index (χ1) is 9.97. The van der Waals surface area contributed by atoms with Crippen LogP contribution in [0.15, 0.2) is 28.7 Å². The van der Waals surface area contributed by atoms with Crippen LogP contribution in [-0.2, 0) is 11.9 Å². The van der Waals surface area contributed by atoms with E-state index in [1.165, 1.54) is 30.0 Å². The Morgan fingerprint density at radius 1 is 1.24 bits per heavy atom. The molecule has 4 nitrogen and oxygen atoms in total. The normalized spacial score (nSPS) is 11.6. The molecular formula is C13H13F3N2O2S. The van der Waals surface area contributed by atoms with E-state index in [1.807, 2.05) is 0 Å². The average Bonchev–Trinajstić information content (AvgIpc) is 2.83. The van der Waals surface area contributed by atoms with Crippen LogP contribution < -0.4 is 4.74 Å². The first-order valence-electron chi connectivity index (χ1n) is 6.12. The predicted molar refractivity (Wildman–Crippen MR) is 72.1 cm³/mol. The molecule has 1 aromatic carbocycles. The zero-order valence-corrected chi connectivity index (χ0v) is 12.0. The topological polar surface area (TPSA) is 48.2 Å². The molecule has 0 atom stereocenters. The van der Waals surface area contributed by atoms with E-state index in [1.54, 1.807) is 6.92 Å². The summed E-state index contributed by atoms with van der Waals surface area (Å²) in [6.07, 6.45) is -4.41. The summed E-state index contributed by atoms with van der Waals surface area (Å²) in [5.74, 6) is 1.85. The van der Waals surface area contributed by atoms with E-state index in [0.717, 1.165) is 6.07 Å². The van der Waals surface area contributed by atoms with Crippen molar-refractivity contribution in [1.29, 1.82) is 0 Å². The summed E-state index contributed by atoms with van der Waals surface area (Å²) < 4.78 is 48.6. The first kappa shape index (κ1) is 15.7. The second-order valence-electron chi connectivity index (χ2n) is 4.11. The minimum atomic E-state index is -4.41. The summed E-state index contributed by atoms with van der Waals surface area (Å²) in [6.45, 7) is 1.86. The molecule has 21 heavy (non-hydrogen) atoms. The van der Waals surface area contributed by atoms with Gasteiger partial charge in [-0.15, -0.1) is 22.0 Å². The lowest BCUT2D eigenvalue weighted by Gasteiger charge is -2.13. The van der Waals surface area contributed by atoms with E-state index < -0.39 is 11.7 Å². The van der Waals surface area contributed by atoms with Crippen LogP contribution in [0.4, 0.5) is 13.2 Å². The minimum absolute atomic E-state index is 0.153. The van der Waals surface area contributed by atoms with Gasteiger partial charge in [-0.05, 0) is 12.1 Å². The molecule has 114 valence electrons. The highest BCUT2D eigenvalue weighted by atomic mass is 32.2. The van der Waals surface area contributed by atoms with Crippen LogP contribution >= 0.6 is 11.8 Å². The number of nitrogens with zero attached hydrogens (tertiary/aromatic N) is 2. The van der Waals surface area contributed by atoms with Gasteiger partial charge in [-0.3, -0.25) is 0 Å². The Morgan fingerprint density at radius 2 is 2.00 bits per heavy atom. The number of benzene rings is 1. The van der Waals surface area contributed by atoms with Gasteiger partial charge in [0.15, 0.2) is 0 Å². The monoisotopic (exact) mass is 318 g/mol. The summed E-state index contributed by atoms with van der Waals surface area (Å²) in [4.78, 5) is 0. The van der Waals surface area contributed by atoms with Gasteiger partial charge in [-0.2, -0.15) is 13.2 Å². The van der Waals surface area contributed by atoms with Gasteiger partial charge in [0.1, 0.15) is 5.75 Å². The maximum atomic E-state index is 12.7. The van der Waals surface area contributed by atoms with Crippen molar-refractivity contribution < 1.29 is 22.3 Å². The van der Waals surface area contributed by atoms with Gasteiger partial charge in [-0.25, -0.2) is 0 Å². The molecule has 8 heteroatoms. The van der Waals surface area contributed by atoms with Crippen LogP contribution in [0.25, 0.3) is 0 Å². The highest BCUT2D eigenvalue weighted by Crippen LogP contribution is 2.35. The molecule has 0 aliphatic carbocycles. The van der Waals surface area contributed by atoms with Gasteiger partial charge >= 0.3 is 6.18 Å². The highest BCUT2D eigenvalue weighted by Gasteiger charge is 2.33. The number of aryl methyl sites for hydroxylation is 1. The van der Waals surface area contributed by atoms with Gasteiger partial charge < -0.3 is 9.15 Å². The zero-order valence-electron chi connectivity index (χ0n) is 11.2.